The molecular formula is C5H8NaO7P. The maximum Gasteiger partial charge on any atom is 1.00 e. The van der Waals surface area contributed by atoms with E-state index in [0.717, 1.165) is 7.11 Å². The topological polar surface area (TPSA) is 124 Å². The summed E-state index contributed by atoms with van der Waals surface area (Å²) in [6.45, 7) is 0. The molecule has 0 heterocycles. The standard InChI is InChI=1S/C5H9O7P.Na/c1-12-5(8)3(2-4(6)7)13(9,10)11;/h3H,2H2,1H3,(H,6,7)(H2,9,10,11);/q;+1/p-1. The van der Waals surface area contributed by atoms with Crippen LogP contribution in [-0.2, 0) is 18.9 Å². The Labute approximate surface area is 102 Å². The Balaban J connectivity index is 0. The minimum atomic E-state index is -4.80. The molecule has 0 aromatic heterocycles. The Bertz CT molecular complexity index is 259. The second kappa shape index (κ2) is 6.55. The van der Waals surface area contributed by atoms with Gasteiger partial charge in [0, 0.05) is 12.4 Å². The second-order valence-electron chi connectivity index (χ2n) is 2.20. The smallest absolute Gasteiger partial charge is 0.550 e. The van der Waals surface area contributed by atoms with Crippen molar-refractivity contribution in [2.75, 3.05) is 7.11 Å². The molecule has 0 rings (SSSR count). The van der Waals surface area contributed by atoms with E-state index in [1.165, 1.54) is 0 Å². The van der Waals surface area contributed by atoms with Crippen LogP contribution >= 0.6 is 7.60 Å². The fourth-order valence-corrected chi connectivity index (χ4v) is 1.40. The summed E-state index contributed by atoms with van der Waals surface area (Å²) in [5.41, 5.74) is -1.98. The zero-order valence-corrected chi connectivity index (χ0v) is 10.6. The van der Waals surface area contributed by atoms with Crippen LogP contribution in [0.25, 0.3) is 0 Å². The van der Waals surface area contributed by atoms with E-state index in [1.807, 2.05) is 0 Å². The minimum absolute atomic E-state index is 0. The molecule has 14 heavy (non-hydrogen) atoms. The van der Waals surface area contributed by atoms with Gasteiger partial charge in [0.2, 0.25) is 0 Å². The second-order valence-corrected chi connectivity index (χ2v) is 4.01. The molecule has 0 aliphatic heterocycles. The average molecular weight is 234 g/mol. The van der Waals surface area contributed by atoms with Crippen LogP contribution in [-0.4, -0.2) is 34.5 Å². The Morgan fingerprint density at radius 2 is 1.93 bits per heavy atom. The van der Waals surface area contributed by atoms with Crippen molar-refractivity contribution in [1.82, 2.24) is 0 Å². The van der Waals surface area contributed by atoms with Gasteiger partial charge in [0.15, 0.2) is 5.66 Å². The number of hydrogen-bond donors (Lipinski definition) is 2. The van der Waals surface area contributed by atoms with Gasteiger partial charge in [0.25, 0.3) is 0 Å². The average Bonchev–Trinajstić information content (AvgIpc) is 1.96. The van der Waals surface area contributed by atoms with Crippen LogP contribution in [0.1, 0.15) is 6.42 Å². The number of esters is 1. The molecule has 0 saturated carbocycles. The molecule has 0 aliphatic rings. The largest absolute Gasteiger partial charge is 1.00 e. The fraction of sp³-hybridized carbons (Fsp3) is 0.600. The number of aliphatic carboxylic acids is 1. The van der Waals surface area contributed by atoms with Gasteiger partial charge in [-0.25, -0.2) is 0 Å². The van der Waals surface area contributed by atoms with Crippen LogP contribution in [0.3, 0.4) is 0 Å². The monoisotopic (exact) mass is 234 g/mol. The van der Waals surface area contributed by atoms with Gasteiger partial charge in [0.05, 0.1) is 7.11 Å². The predicted octanol–water partition coefficient (Wildman–Crippen LogP) is -5.15. The number of methoxy groups -OCH3 is 1. The van der Waals surface area contributed by atoms with E-state index in [1.54, 1.807) is 0 Å². The van der Waals surface area contributed by atoms with E-state index in [0.29, 0.717) is 0 Å². The molecule has 0 bridgehead atoms. The Hall–Kier alpha value is 0.0900. The molecule has 0 amide bonds. The van der Waals surface area contributed by atoms with E-state index < -0.39 is 31.6 Å². The maximum atomic E-state index is 10.7. The van der Waals surface area contributed by atoms with Crippen molar-refractivity contribution in [3.05, 3.63) is 0 Å². The van der Waals surface area contributed by atoms with Crippen LogP contribution in [0.2, 0.25) is 0 Å². The molecule has 0 saturated heterocycles. The molecule has 9 heteroatoms. The van der Waals surface area contributed by atoms with E-state index in [2.05, 4.69) is 4.74 Å². The number of carboxylic acids is 1. The molecule has 0 radical (unpaired) electrons. The molecule has 1 unspecified atom stereocenters. The number of carboxylic acid groups (broad SMARTS) is 1. The van der Waals surface area contributed by atoms with Crippen LogP contribution in [0.15, 0.2) is 0 Å². The molecule has 0 aliphatic carbocycles. The van der Waals surface area contributed by atoms with Crippen molar-refractivity contribution in [2.24, 2.45) is 0 Å². The third-order valence-corrected chi connectivity index (χ3v) is 2.44. The zero-order valence-electron chi connectivity index (χ0n) is 7.67. The number of rotatable bonds is 4. The molecule has 76 valence electrons. The molecule has 0 fully saturated rings. The summed E-state index contributed by atoms with van der Waals surface area (Å²) in [5.74, 6) is -2.99. The SMILES string of the molecule is COC(=O)C(CC(=O)[O-])P(=O)(O)O.[Na+]. The maximum absolute atomic E-state index is 10.7. The molecule has 0 aromatic rings. The summed E-state index contributed by atoms with van der Waals surface area (Å²) in [7, 11) is -3.89. The third kappa shape index (κ3) is 5.74. The first-order valence-electron chi connectivity index (χ1n) is 3.12. The van der Waals surface area contributed by atoms with Gasteiger partial charge < -0.3 is 24.4 Å². The van der Waals surface area contributed by atoms with Gasteiger partial charge in [-0.3, -0.25) is 9.36 Å². The number of ether oxygens (including phenoxy) is 1. The quantitative estimate of drug-likeness (QED) is 0.283. The van der Waals surface area contributed by atoms with Crippen molar-refractivity contribution < 1.29 is 63.3 Å². The first-order valence-corrected chi connectivity index (χ1v) is 4.80. The van der Waals surface area contributed by atoms with Crippen molar-refractivity contribution >= 4 is 19.5 Å². The summed E-state index contributed by atoms with van der Waals surface area (Å²) in [5, 5.41) is 10.0. The number of carbonyl (C=O) groups is 2. The van der Waals surface area contributed by atoms with Crippen molar-refractivity contribution in [1.29, 1.82) is 0 Å². The molecule has 7 nitrogen and oxygen atoms in total. The Kier molecular flexibility index (Phi) is 7.73. The first-order chi connectivity index (χ1) is 5.79. The number of hydrogen-bond acceptors (Lipinski definition) is 5. The zero-order chi connectivity index (χ0) is 10.6. The molecule has 2 N–H and O–H groups in total. The first kappa shape index (κ1) is 16.5. The molecule has 0 spiro atoms. The van der Waals surface area contributed by atoms with Gasteiger partial charge >= 0.3 is 43.1 Å². The van der Waals surface area contributed by atoms with E-state index in [-0.39, 0.29) is 29.6 Å². The van der Waals surface area contributed by atoms with Gasteiger partial charge in [-0.15, -0.1) is 0 Å². The van der Waals surface area contributed by atoms with Gasteiger partial charge in [-0.2, -0.15) is 0 Å². The number of carbonyl (C=O) groups excluding carboxylic acids is 2. The summed E-state index contributed by atoms with van der Waals surface area (Å²) in [4.78, 5) is 37.8. The molecule has 0 aromatic carbocycles. The van der Waals surface area contributed by atoms with Crippen LogP contribution in [0.5, 0.6) is 0 Å². The molecule has 1 atom stereocenters. The molecular weight excluding hydrogens is 226 g/mol. The Morgan fingerprint density at radius 1 is 1.50 bits per heavy atom. The fourth-order valence-electron chi connectivity index (χ4n) is 0.633. The summed E-state index contributed by atoms with van der Waals surface area (Å²) < 4.78 is 14.6. The summed E-state index contributed by atoms with van der Waals surface area (Å²) in [6, 6.07) is 0. The summed E-state index contributed by atoms with van der Waals surface area (Å²) in [6.07, 6.45) is -1.06. The van der Waals surface area contributed by atoms with E-state index >= 15 is 0 Å². The Morgan fingerprint density at radius 3 is 2.14 bits per heavy atom. The predicted molar refractivity (Wildman–Crippen MR) is 37.5 cm³/mol. The van der Waals surface area contributed by atoms with Crippen molar-refractivity contribution in [2.45, 2.75) is 12.1 Å². The van der Waals surface area contributed by atoms with E-state index in [9.17, 15) is 19.3 Å². The normalized spacial score (nSPS) is 12.5. The summed E-state index contributed by atoms with van der Waals surface area (Å²) >= 11 is 0. The van der Waals surface area contributed by atoms with Crippen LogP contribution < -0.4 is 34.7 Å². The van der Waals surface area contributed by atoms with Gasteiger partial charge in [-0.1, -0.05) is 0 Å². The van der Waals surface area contributed by atoms with Crippen molar-refractivity contribution in [3.8, 4) is 0 Å². The van der Waals surface area contributed by atoms with Gasteiger partial charge in [-0.05, 0) is 0 Å². The van der Waals surface area contributed by atoms with Crippen LogP contribution in [0, 0.1) is 0 Å². The van der Waals surface area contributed by atoms with Crippen molar-refractivity contribution in [3.63, 3.8) is 0 Å². The third-order valence-electron chi connectivity index (χ3n) is 1.24. The van der Waals surface area contributed by atoms with E-state index in [4.69, 9.17) is 9.79 Å². The van der Waals surface area contributed by atoms with Crippen LogP contribution in [0.4, 0.5) is 0 Å². The van der Waals surface area contributed by atoms with Gasteiger partial charge in [0.1, 0.15) is 0 Å². The minimum Gasteiger partial charge on any atom is -0.550 e.